The van der Waals surface area contributed by atoms with Gasteiger partial charge in [-0.3, -0.25) is 4.79 Å². The number of terminal acetylenes is 1. The summed E-state index contributed by atoms with van der Waals surface area (Å²) in [5.74, 6) is 3.25. The molecule has 0 fully saturated rings. The molecule has 0 aliphatic heterocycles. The molecule has 0 aliphatic rings. The number of esters is 1. The summed E-state index contributed by atoms with van der Waals surface area (Å²) in [6, 6.07) is 7.77. The number of para-hydroxylation sites is 1. The Hall–Kier alpha value is -1.95. The second-order valence-corrected chi connectivity index (χ2v) is 4.19. The van der Waals surface area contributed by atoms with E-state index < -0.39 is 0 Å². The average Bonchev–Trinajstić information content (AvgIpc) is 2.45. The summed E-state index contributed by atoms with van der Waals surface area (Å²) in [6.07, 6.45) is 8.89. The van der Waals surface area contributed by atoms with E-state index in [1.807, 2.05) is 24.3 Å². The minimum absolute atomic E-state index is 0.205. The highest BCUT2D eigenvalue weighted by molar-refractivity contribution is 5.69. The molecule has 3 heteroatoms. The van der Waals surface area contributed by atoms with Crippen LogP contribution in [0.25, 0.3) is 0 Å². The number of hydrogen-bond donors (Lipinski definition) is 0. The lowest BCUT2D eigenvalue weighted by molar-refractivity contribution is -0.140. The molecule has 0 amide bonds. The van der Waals surface area contributed by atoms with Gasteiger partial charge in [-0.1, -0.05) is 18.2 Å². The number of aryl methyl sites for hydroxylation is 1. The first-order chi connectivity index (χ1) is 9.27. The zero-order chi connectivity index (χ0) is 13.9. The van der Waals surface area contributed by atoms with Gasteiger partial charge in [0.15, 0.2) is 0 Å². The molecule has 0 N–H and O–H groups in total. The quantitative estimate of drug-likeness (QED) is 0.409. The summed E-state index contributed by atoms with van der Waals surface area (Å²) >= 11 is 0. The Morgan fingerprint density at radius 3 is 2.84 bits per heavy atom. The van der Waals surface area contributed by atoms with Gasteiger partial charge in [0.2, 0.25) is 0 Å². The van der Waals surface area contributed by atoms with Crippen molar-refractivity contribution in [1.82, 2.24) is 0 Å². The lowest BCUT2D eigenvalue weighted by Crippen LogP contribution is -2.04. The highest BCUT2D eigenvalue weighted by Crippen LogP contribution is 2.20. The normalized spacial score (nSPS) is 9.68. The van der Waals surface area contributed by atoms with E-state index in [4.69, 9.17) is 11.2 Å². The second kappa shape index (κ2) is 9.04. The standard InChI is InChI=1S/C16H20O3/c1-3-4-5-8-13-19-15-10-7-6-9-14(15)11-12-16(17)18-2/h1,6-7,9-10H,4-5,8,11-13H2,2H3. The van der Waals surface area contributed by atoms with Crippen LogP contribution in [0.3, 0.4) is 0 Å². The summed E-state index contributed by atoms with van der Waals surface area (Å²) < 4.78 is 10.4. The van der Waals surface area contributed by atoms with E-state index in [1.54, 1.807) is 0 Å². The Labute approximate surface area is 114 Å². The first kappa shape index (κ1) is 15.1. The molecular formula is C16H20O3. The first-order valence-corrected chi connectivity index (χ1v) is 6.49. The van der Waals surface area contributed by atoms with Gasteiger partial charge in [0.1, 0.15) is 5.75 Å². The Morgan fingerprint density at radius 1 is 1.32 bits per heavy atom. The number of carbonyl (C=O) groups is 1. The number of benzene rings is 1. The maximum absolute atomic E-state index is 11.1. The van der Waals surface area contributed by atoms with Crippen LogP contribution in [0.5, 0.6) is 5.75 Å². The fourth-order valence-corrected chi connectivity index (χ4v) is 1.70. The van der Waals surface area contributed by atoms with Crippen molar-refractivity contribution in [3.05, 3.63) is 29.8 Å². The minimum Gasteiger partial charge on any atom is -0.493 e. The fraction of sp³-hybridized carbons (Fsp3) is 0.438. The number of rotatable bonds is 8. The van der Waals surface area contributed by atoms with Crippen LogP contribution in [0.2, 0.25) is 0 Å². The molecule has 0 atom stereocenters. The molecule has 19 heavy (non-hydrogen) atoms. The summed E-state index contributed by atoms with van der Waals surface area (Å²) in [5.41, 5.74) is 1.03. The molecule has 0 aliphatic carbocycles. The van der Waals surface area contributed by atoms with Crippen LogP contribution in [0.4, 0.5) is 0 Å². The van der Waals surface area contributed by atoms with E-state index in [-0.39, 0.29) is 5.97 Å². The Morgan fingerprint density at radius 2 is 2.11 bits per heavy atom. The van der Waals surface area contributed by atoms with Crippen LogP contribution in [-0.2, 0) is 16.0 Å². The van der Waals surface area contributed by atoms with Crippen LogP contribution in [0.1, 0.15) is 31.2 Å². The lowest BCUT2D eigenvalue weighted by Gasteiger charge is -2.10. The van der Waals surface area contributed by atoms with Crippen LogP contribution in [0, 0.1) is 12.3 Å². The van der Waals surface area contributed by atoms with Gasteiger partial charge in [-0.25, -0.2) is 0 Å². The molecule has 0 saturated carbocycles. The Kier molecular flexibility index (Phi) is 7.19. The molecule has 1 rings (SSSR count). The van der Waals surface area contributed by atoms with Gasteiger partial charge in [-0.2, -0.15) is 0 Å². The minimum atomic E-state index is -0.205. The van der Waals surface area contributed by atoms with Crippen molar-refractivity contribution in [3.8, 4) is 18.1 Å². The zero-order valence-electron chi connectivity index (χ0n) is 11.4. The molecule has 0 heterocycles. The van der Waals surface area contributed by atoms with Crippen molar-refractivity contribution >= 4 is 5.97 Å². The van der Waals surface area contributed by atoms with Gasteiger partial charge >= 0.3 is 5.97 Å². The zero-order valence-corrected chi connectivity index (χ0v) is 11.4. The third-order valence-electron chi connectivity index (χ3n) is 2.77. The van der Waals surface area contributed by atoms with Crippen molar-refractivity contribution in [2.24, 2.45) is 0 Å². The van der Waals surface area contributed by atoms with Gasteiger partial charge < -0.3 is 9.47 Å². The summed E-state index contributed by atoms with van der Waals surface area (Å²) in [6.45, 7) is 0.650. The van der Waals surface area contributed by atoms with Gasteiger partial charge in [-0.05, 0) is 30.9 Å². The molecule has 0 aromatic heterocycles. The number of carbonyl (C=O) groups excluding carboxylic acids is 1. The molecule has 0 spiro atoms. The Bertz CT molecular complexity index is 432. The van der Waals surface area contributed by atoms with E-state index in [9.17, 15) is 4.79 Å². The van der Waals surface area contributed by atoms with E-state index in [0.717, 1.165) is 30.6 Å². The molecule has 102 valence electrons. The van der Waals surface area contributed by atoms with Crippen molar-refractivity contribution in [1.29, 1.82) is 0 Å². The summed E-state index contributed by atoms with van der Waals surface area (Å²) in [4.78, 5) is 11.1. The van der Waals surface area contributed by atoms with Gasteiger partial charge in [0, 0.05) is 12.8 Å². The third kappa shape index (κ3) is 5.96. The van der Waals surface area contributed by atoms with Crippen molar-refractivity contribution < 1.29 is 14.3 Å². The van der Waals surface area contributed by atoms with Gasteiger partial charge in [0.25, 0.3) is 0 Å². The SMILES string of the molecule is C#CCCCCOc1ccccc1CCC(=O)OC. The molecule has 0 saturated heterocycles. The van der Waals surface area contributed by atoms with Crippen molar-refractivity contribution in [2.45, 2.75) is 32.1 Å². The monoisotopic (exact) mass is 260 g/mol. The lowest BCUT2D eigenvalue weighted by atomic mass is 10.1. The molecule has 3 nitrogen and oxygen atoms in total. The van der Waals surface area contributed by atoms with E-state index >= 15 is 0 Å². The Balaban J connectivity index is 2.44. The van der Waals surface area contributed by atoms with E-state index in [0.29, 0.717) is 19.4 Å². The van der Waals surface area contributed by atoms with Crippen LogP contribution >= 0.6 is 0 Å². The van der Waals surface area contributed by atoms with E-state index in [1.165, 1.54) is 7.11 Å². The highest BCUT2D eigenvalue weighted by Gasteiger charge is 2.06. The number of methoxy groups -OCH3 is 1. The largest absolute Gasteiger partial charge is 0.493 e. The highest BCUT2D eigenvalue weighted by atomic mass is 16.5. The molecule has 0 unspecified atom stereocenters. The predicted molar refractivity (Wildman–Crippen MR) is 75.0 cm³/mol. The number of unbranched alkanes of at least 4 members (excludes halogenated alkanes) is 2. The summed E-state index contributed by atoms with van der Waals surface area (Å²) in [7, 11) is 1.40. The summed E-state index contributed by atoms with van der Waals surface area (Å²) in [5, 5.41) is 0. The molecule has 0 bridgehead atoms. The first-order valence-electron chi connectivity index (χ1n) is 6.49. The predicted octanol–water partition coefficient (Wildman–Crippen LogP) is 2.97. The topological polar surface area (TPSA) is 35.5 Å². The van der Waals surface area contributed by atoms with Crippen LogP contribution < -0.4 is 4.74 Å². The van der Waals surface area contributed by atoms with Crippen molar-refractivity contribution in [2.75, 3.05) is 13.7 Å². The smallest absolute Gasteiger partial charge is 0.305 e. The van der Waals surface area contributed by atoms with Crippen LogP contribution in [0.15, 0.2) is 24.3 Å². The van der Waals surface area contributed by atoms with Gasteiger partial charge in [0.05, 0.1) is 13.7 Å². The molecule has 1 aromatic rings. The van der Waals surface area contributed by atoms with Crippen molar-refractivity contribution in [3.63, 3.8) is 0 Å². The number of ether oxygens (including phenoxy) is 2. The van der Waals surface area contributed by atoms with Gasteiger partial charge in [-0.15, -0.1) is 12.3 Å². The average molecular weight is 260 g/mol. The molecule has 0 radical (unpaired) electrons. The molecular weight excluding hydrogens is 240 g/mol. The van der Waals surface area contributed by atoms with Crippen LogP contribution in [-0.4, -0.2) is 19.7 Å². The van der Waals surface area contributed by atoms with E-state index in [2.05, 4.69) is 10.7 Å². The number of hydrogen-bond acceptors (Lipinski definition) is 3. The third-order valence-corrected chi connectivity index (χ3v) is 2.77. The maximum Gasteiger partial charge on any atom is 0.305 e. The molecule has 1 aromatic carbocycles. The fourth-order valence-electron chi connectivity index (χ4n) is 1.70. The second-order valence-electron chi connectivity index (χ2n) is 4.19. The maximum atomic E-state index is 11.1.